The molecule has 0 spiro atoms. The zero-order valence-electron chi connectivity index (χ0n) is 15.3. The lowest BCUT2D eigenvalue weighted by Crippen LogP contribution is -2.35. The largest absolute Gasteiger partial charge is 0.329 e. The van der Waals surface area contributed by atoms with Crippen LogP contribution in [0.2, 0.25) is 0 Å². The van der Waals surface area contributed by atoms with Gasteiger partial charge in [0, 0.05) is 11.5 Å². The molecular formula is C20H18N4O4S. The monoisotopic (exact) mass is 410 g/mol. The Morgan fingerprint density at radius 2 is 1.03 bits per heavy atom. The second-order valence-corrected chi connectivity index (χ2v) is 7.63. The Balaban J connectivity index is 1.34. The first-order valence-electron chi connectivity index (χ1n) is 9.03. The van der Waals surface area contributed by atoms with E-state index in [9.17, 15) is 19.2 Å². The summed E-state index contributed by atoms with van der Waals surface area (Å²) in [6.07, 6.45) is 0. The van der Waals surface area contributed by atoms with Gasteiger partial charge in [-0.25, -0.2) is 19.4 Å². The maximum absolute atomic E-state index is 12.6. The molecule has 2 heterocycles. The molecule has 0 radical (unpaired) electrons. The van der Waals surface area contributed by atoms with E-state index < -0.39 is 24.1 Å². The molecule has 2 aromatic carbocycles. The van der Waals surface area contributed by atoms with Crippen LogP contribution >= 0.6 is 11.8 Å². The fraction of sp³-hybridized carbons (Fsp3) is 0.200. The zero-order chi connectivity index (χ0) is 20.4. The summed E-state index contributed by atoms with van der Waals surface area (Å²) in [6.45, 7) is 0. The lowest BCUT2D eigenvalue weighted by Gasteiger charge is -2.14. The second-order valence-electron chi connectivity index (χ2n) is 6.56. The SMILES string of the molecule is O=C1NC(CSCC2NC(=O)N(c3ccccc3)C2=O)C(=O)N1c1ccccc1. The lowest BCUT2D eigenvalue weighted by molar-refractivity contribution is -0.118. The van der Waals surface area contributed by atoms with E-state index in [1.807, 2.05) is 0 Å². The molecule has 2 atom stereocenters. The number of imide groups is 2. The topological polar surface area (TPSA) is 98.8 Å². The van der Waals surface area contributed by atoms with Gasteiger partial charge >= 0.3 is 12.1 Å². The van der Waals surface area contributed by atoms with E-state index in [-0.39, 0.29) is 11.8 Å². The number of para-hydroxylation sites is 2. The molecule has 2 aromatic rings. The summed E-state index contributed by atoms with van der Waals surface area (Å²) in [5.41, 5.74) is 1.03. The summed E-state index contributed by atoms with van der Waals surface area (Å²) in [5.74, 6) is -0.0552. The minimum Gasteiger partial charge on any atom is -0.325 e. The maximum atomic E-state index is 12.6. The molecule has 2 unspecified atom stereocenters. The number of nitrogens with one attached hydrogen (secondary N) is 2. The van der Waals surface area contributed by atoms with Crippen LogP contribution in [0, 0.1) is 0 Å². The van der Waals surface area contributed by atoms with Gasteiger partial charge < -0.3 is 10.6 Å². The van der Waals surface area contributed by atoms with Crippen molar-refractivity contribution in [3.63, 3.8) is 0 Å². The van der Waals surface area contributed by atoms with E-state index in [4.69, 9.17) is 0 Å². The van der Waals surface area contributed by atoms with Gasteiger partial charge in [-0.15, -0.1) is 0 Å². The predicted molar refractivity (Wildman–Crippen MR) is 110 cm³/mol. The second kappa shape index (κ2) is 7.96. The fourth-order valence-electron chi connectivity index (χ4n) is 3.24. The van der Waals surface area contributed by atoms with Gasteiger partial charge in [-0.3, -0.25) is 9.59 Å². The van der Waals surface area contributed by atoms with Crippen LogP contribution in [0.4, 0.5) is 21.0 Å². The molecule has 2 saturated heterocycles. The number of rotatable bonds is 6. The Hall–Kier alpha value is -3.33. The minimum atomic E-state index is -0.676. The van der Waals surface area contributed by atoms with Crippen LogP contribution in [-0.4, -0.2) is 47.5 Å². The highest BCUT2D eigenvalue weighted by molar-refractivity contribution is 7.99. The van der Waals surface area contributed by atoms with E-state index in [1.54, 1.807) is 60.7 Å². The van der Waals surface area contributed by atoms with E-state index >= 15 is 0 Å². The van der Waals surface area contributed by atoms with Crippen LogP contribution in [0.3, 0.4) is 0 Å². The maximum Gasteiger partial charge on any atom is 0.329 e. The lowest BCUT2D eigenvalue weighted by atomic mass is 10.2. The molecule has 29 heavy (non-hydrogen) atoms. The van der Waals surface area contributed by atoms with Gasteiger partial charge in [0.05, 0.1) is 11.4 Å². The predicted octanol–water partition coefficient (Wildman–Crippen LogP) is 1.97. The van der Waals surface area contributed by atoms with Crippen molar-refractivity contribution < 1.29 is 19.2 Å². The van der Waals surface area contributed by atoms with Crippen molar-refractivity contribution in [1.82, 2.24) is 10.6 Å². The molecule has 4 rings (SSSR count). The number of carbonyl (C=O) groups excluding carboxylic acids is 4. The number of nitrogens with zero attached hydrogens (tertiary/aromatic N) is 2. The number of hydrogen-bond acceptors (Lipinski definition) is 5. The molecule has 0 aromatic heterocycles. The van der Waals surface area contributed by atoms with Gasteiger partial charge in [-0.2, -0.15) is 11.8 Å². The van der Waals surface area contributed by atoms with Crippen LogP contribution in [0.15, 0.2) is 60.7 Å². The van der Waals surface area contributed by atoms with Gasteiger partial charge in [-0.05, 0) is 24.3 Å². The summed E-state index contributed by atoms with van der Waals surface area (Å²) in [7, 11) is 0. The van der Waals surface area contributed by atoms with E-state index in [2.05, 4.69) is 10.6 Å². The molecular weight excluding hydrogens is 392 g/mol. The van der Waals surface area contributed by atoms with E-state index in [0.29, 0.717) is 22.9 Å². The smallest absolute Gasteiger partial charge is 0.325 e. The molecule has 0 bridgehead atoms. The van der Waals surface area contributed by atoms with Gasteiger partial charge in [-0.1, -0.05) is 36.4 Å². The highest BCUT2D eigenvalue weighted by Gasteiger charge is 2.41. The van der Waals surface area contributed by atoms with Crippen LogP contribution in [-0.2, 0) is 9.59 Å². The van der Waals surface area contributed by atoms with Crippen molar-refractivity contribution in [2.45, 2.75) is 12.1 Å². The van der Waals surface area contributed by atoms with E-state index in [1.165, 1.54) is 11.8 Å². The van der Waals surface area contributed by atoms with Crippen LogP contribution in [0.5, 0.6) is 0 Å². The fourth-order valence-corrected chi connectivity index (χ4v) is 4.29. The molecule has 6 amide bonds. The Bertz CT molecular complexity index is 876. The van der Waals surface area contributed by atoms with Crippen molar-refractivity contribution in [2.24, 2.45) is 0 Å². The highest BCUT2D eigenvalue weighted by atomic mass is 32.2. The summed E-state index contributed by atoms with van der Waals surface area (Å²) in [5, 5.41) is 5.33. The Labute approximate surface area is 171 Å². The van der Waals surface area contributed by atoms with Crippen molar-refractivity contribution in [2.75, 3.05) is 21.3 Å². The molecule has 2 aliphatic rings. The number of benzene rings is 2. The third-order valence-corrected chi connectivity index (χ3v) is 5.77. The van der Waals surface area contributed by atoms with E-state index in [0.717, 1.165) is 9.80 Å². The first-order valence-corrected chi connectivity index (χ1v) is 10.2. The first-order chi connectivity index (χ1) is 14.1. The molecule has 148 valence electrons. The molecule has 2 N–H and O–H groups in total. The molecule has 2 aliphatic heterocycles. The zero-order valence-corrected chi connectivity index (χ0v) is 16.1. The standard InChI is InChI=1S/C20H18N4O4S/c25-17-15(21-19(27)23(17)13-7-3-1-4-8-13)11-29-12-16-18(26)24(20(28)22-16)14-9-5-2-6-10-14/h1-10,15-16H,11-12H2,(H,21,27)(H,22,28). The molecule has 0 saturated carbocycles. The van der Waals surface area contributed by atoms with Crippen molar-refractivity contribution in [3.8, 4) is 0 Å². The number of amides is 6. The Morgan fingerprint density at radius 1 is 0.655 bits per heavy atom. The van der Waals surface area contributed by atoms with Gasteiger partial charge in [0.1, 0.15) is 12.1 Å². The van der Waals surface area contributed by atoms with Gasteiger partial charge in [0.25, 0.3) is 11.8 Å². The minimum absolute atomic E-state index is 0.304. The summed E-state index contributed by atoms with van der Waals surface area (Å²) in [4.78, 5) is 51.7. The number of hydrogen-bond donors (Lipinski definition) is 2. The van der Waals surface area contributed by atoms with Gasteiger partial charge in [0.15, 0.2) is 0 Å². The van der Waals surface area contributed by atoms with Crippen LogP contribution < -0.4 is 20.4 Å². The van der Waals surface area contributed by atoms with Crippen LogP contribution in [0.25, 0.3) is 0 Å². The molecule has 9 heteroatoms. The molecule has 0 aliphatic carbocycles. The average molecular weight is 410 g/mol. The average Bonchev–Trinajstić information content (AvgIpc) is 3.17. The third-order valence-electron chi connectivity index (χ3n) is 4.64. The first kappa shape index (κ1) is 19.0. The Kier molecular flexibility index (Phi) is 5.22. The highest BCUT2D eigenvalue weighted by Crippen LogP contribution is 2.23. The molecule has 8 nitrogen and oxygen atoms in total. The summed E-state index contributed by atoms with van der Waals surface area (Å²) < 4.78 is 0. The normalized spacial score (nSPS) is 21.5. The van der Waals surface area contributed by atoms with Crippen molar-refractivity contribution in [3.05, 3.63) is 60.7 Å². The summed E-state index contributed by atoms with van der Waals surface area (Å²) >= 11 is 1.33. The summed E-state index contributed by atoms with van der Waals surface area (Å²) in [6, 6.07) is 15.1. The Morgan fingerprint density at radius 3 is 1.41 bits per heavy atom. The quantitative estimate of drug-likeness (QED) is 0.710. The number of anilines is 2. The van der Waals surface area contributed by atoms with Gasteiger partial charge in [0.2, 0.25) is 0 Å². The number of carbonyl (C=O) groups is 4. The van der Waals surface area contributed by atoms with Crippen molar-refractivity contribution in [1.29, 1.82) is 0 Å². The third kappa shape index (κ3) is 3.68. The number of thioether (sulfide) groups is 1. The number of urea groups is 2. The van der Waals surface area contributed by atoms with Crippen molar-refractivity contribution >= 4 is 47.0 Å². The van der Waals surface area contributed by atoms with Crippen LogP contribution in [0.1, 0.15) is 0 Å². The molecule has 2 fully saturated rings.